The molecule has 5 nitrogen and oxygen atoms in total. The van der Waals surface area contributed by atoms with Crippen LogP contribution in [0.15, 0.2) is 18.7 Å². The van der Waals surface area contributed by atoms with Crippen LogP contribution >= 0.6 is 0 Å². The van der Waals surface area contributed by atoms with Crippen LogP contribution in [0.25, 0.3) is 0 Å². The lowest BCUT2D eigenvalue weighted by atomic mass is 9.85. The number of imidazole rings is 1. The van der Waals surface area contributed by atoms with Crippen molar-refractivity contribution in [1.82, 2.24) is 14.9 Å². The summed E-state index contributed by atoms with van der Waals surface area (Å²) in [6.45, 7) is 1.73. The van der Waals surface area contributed by atoms with Crippen LogP contribution in [0.4, 0.5) is 0 Å². The highest BCUT2D eigenvalue weighted by atomic mass is 16.4. The van der Waals surface area contributed by atoms with E-state index in [1.807, 2.05) is 10.8 Å². The van der Waals surface area contributed by atoms with Crippen molar-refractivity contribution in [2.24, 2.45) is 0 Å². The molecule has 0 unspecified atom stereocenters. The highest BCUT2D eigenvalue weighted by Crippen LogP contribution is 2.30. The molecule has 1 aromatic rings. The molecule has 0 amide bonds. The van der Waals surface area contributed by atoms with Crippen molar-refractivity contribution in [3.8, 4) is 0 Å². The molecule has 0 aliphatic carbocycles. The Morgan fingerprint density at radius 2 is 2.27 bits per heavy atom. The number of carbonyl (C=O) groups is 1. The van der Waals surface area contributed by atoms with Gasteiger partial charge in [0.2, 0.25) is 0 Å². The zero-order valence-electron chi connectivity index (χ0n) is 8.52. The largest absolute Gasteiger partial charge is 0.481 e. The molecule has 5 heteroatoms. The molecule has 1 aliphatic heterocycles. The molecule has 1 aliphatic rings. The van der Waals surface area contributed by atoms with Gasteiger partial charge in [-0.1, -0.05) is 0 Å². The van der Waals surface area contributed by atoms with Crippen molar-refractivity contribution >= 4 is 5.97 Å². The van der Waals surface area contributed by atoms with Crippen LogP contribution in [0, 0.1) is 0 Å². The maximum Gasteiger partial charge on any atom is 0.305 e. The Morgan fingerprint density at radius 3 is 2.80 bits per heavy atom. The lowest BCUT2D eigenvalue weighted by Gasteiger charge is -2.37. The monoisotopic (exact) mass is 209 g/mol. The fourth-order valence-corrected chi connectivity index (χ4v) is 2.24. The number of nitrogens with zero attached hydrogens (tertiary/aromatic N) is 2. The molecule has 0 saturated carbocycles. The summed E-state index contributed by atoms with van der Waals surface area (Å²) in [7, 11) is 0. The third-order valence-electron chi connectivity index (χ3n) is 3.07. The Balaban J connectivity index is 2.25. The van der Waals surface area contributed by atoms with Crippen molar-refractivity contribution in [3.05, 3.63) is 18.7 Å². The van der Waals surface area contributed by atoms with Gasteiger partial charge in [0.25, 0.3) is 0 Å². The van der Waals surface area contributed by atoms with Gasteiger partial charge in [-0.25, -0.2) is 4.98 Å². The van der Waals surface area contributed by atoms with E-state index in [1.54, 1.807) is 12.5 Å². The van der Waals surface area contributed by atoms with Crippen molar-refractivity contribution in [3.63, 3.8) is 0 Å². The first-order chi connectivity index (χ1) is 7.23. The number of carboxylic acids is 1. The lowest BCUT2D eigenvalue weighted by Crippen LogP contribution is -2.45. The highest BCUT2D eigenvalue weighted by molar-refractivity contribution is 5.68. The summed E-state index contributed by atoms with van der Waals surface area (Å²) in [5, 5.41) is 12.2. The average molecular weight is 209 g/mol. The van der Waals surface area contributed by atoms with Gasteiger partial charge in [0.15, 0.2) is 0 Å². The van der Waals surface area contributed by atoms with Crippen LogP contribution in [0.1, 0.15) is 19.3 Å². The van der Waals surface area contributed by atoms with Crippen LogP contribution < -0.4 is 5.32 Å². The third kappa shape index (κ3) is 2.02. The minimum Gasteiger partial charge on any atom is -0.481 e. The van der Waals surface area contributed by atoms with Crippen molar-refractivity contribution in [1.29, 1.82) is 0 Å². The number of rotatable bonds is 3. The summed E-state index contributed by atoms with van der Waals surface area (Å²) in [6, 6.07) is 0. The van der Waals surface area contributed by atoms with Gasteiger partial charge in [-0.15, -0.1) is 0 Å². The van der Waals surface area contributed by atoms with Gasteiger partial charge in [0.05, 0.1) is 18.3 Å². The molecule has 1 aromatic heterocycles. The minimum absolute atomic E-state index is 0.172. The smallest absolute Gasteiger partial charge is 0.305 e. The summed E-state index contributed by atoms with van der Waals surface area (Å²) < 4.78 is 1.95. The Kier molecular flexibility index (Phi) is 2.73. The average Bonchev–Trinajstić information content (AvgIpc) is 2.71. The van der Waals surface area contributed by atoms with E-state index in [1.165, 1.54) is 0 Å². The maximum atomic E-state index is 10.9. The molecule has 1 saturated heterocycles. The fraction of sp³-hybridized carbons (Fsp3) is 0.600. The molecule has 82 valence electrons. The Bertz CT molecular complexity index is 328. The van der Waals surface area contributed by atoms with E-state index < -0.39 is 5.97 Å². The first-order valence-corrected chi connectivity index (χ1v) is 5.14. The number of nitrogens with one attached hydrogen (secondary N) is 1. The van der Waals surface area contributed by atoms with Crippen molar-refractivity contribution in [2.45, 2.75) is 24.8 Å². The number of hydrogen-bond donors (Lipinski definition) is 2. The Labute approximate surface area is 88.1 Å². The standard InChI is InChI=1S/C10H15N3O2/c14-9(15)7-10(1-3-11-4-2-10)13-6-5-12-8-13/h5-6,8,11H,1-4,7H2,(H,14,15). The zero-order valence-corrected chi connectivity index (χ0v) is 8.52. The topological polar surface area (TPSA) is 67.1 Å². The minimum atomic E-state index is -0.745. The number of piperidine rings is 1. The predicted octanol–water partition coefficient (Wildman–Crippen LogP) is 0.436. The Morgan fingerprint density at radius 1 is 1.53 bits per heavy atom. The van der Waals surface area contributed by atoms with E-state index in [9.17, 15) is 4.79 Å². The van der Waals surface area contributed by atoms with E-state index in [2.05, 4.69) is 10.3 Å². The van der Waals surface area contributed by atoms with Gasteiger partial charge < -0.3 is 15.0 Å². The third-order valence-corrected chi connectivity index (χ3v) is 3.07. The molecule has 0 spiro atoms. The maximum absolute atomic E-state index is 10.9. The molecule has 0 aromatic carbocycles. The molecule has 2 N–H and O–H groups in total. The van der Waals surface area contributed by atoms with Crippen LogP contribution in [-0.4, -0.2) is 33.7 Å². The van der Waals surface area contributed by atoms with Gasteiger partial charge in [0, 0.05) is 12.4 Å². The summed E-state index contributed by atoms with van der Waals surface area (Å²) >= 11 is 0. The molecular formula is C10H15N3O2. The first-order valence-electron chi connectivity index (χ1n) is 5.14. The van der Waals surface area contributed by atoms with E-state index in [0.29, 0.717) is 0 Å². The number of aromatic nitrogens is 2. The van der Waals surface area contributed by atoms with E-state index in [0.717, 1.165) is 25.9 Å². The molecule has 2 rings (SSSR count). The number of aliphatic carboxylic acids is 1. The molecule has 2 heterocycles. The summed E-state index contributed by atoms with van der Waals surface area (Å²) in [5.41, 5.74) is -0.284. The fourth-order valence-electron chi connectivity index (χ4n) is 2.24. The van der Waals surface area contributed by atoms with Gasteiger partial charge >= 0.3 is 5.97 Å². The van der Waals surface area contributed by atoms with Crippen molar-refractivity contribution < 1.29 is 9.90 Å². The van der Waals surface area contributed by atoms with Gasteiger partial charge in [0.1, 0.15) is 0 Å². The van der Waals surface area contributed by atoms with Crippen LogP contribution in [0.3, 0.4) is 0 Å². The summed E-state index contributed by atoms with van der Waals surface area (Å²) in [6.07, 6.45) is 7.13. The Hall–Kier alpha value is -1.36. The van der Waals surface area contributed by atoms with Crippen LogP contribution in [0.2, 0.25) is 0 Å². The van der Waals surface area contributed by atoms with Crippen LogP contribution in [0.5, 0.6) is 0 Å². The predicted molar refractivity (Wildman–Crippen MR) is 54.6 cm³/mol. The first kappa shape index (κ1) is 10.2. The summed E-state index contributed by atoms with van der Waals surface area (Å²) in [5.74, 6) is -0.745. The highest BCUT2D eigenvalue weighted by Gasteiger charge is 2.35. The van der Waals surface area contributed by atoms with E-state index in [4.69, 9.17) is 5.11 Å². The lowest BCUT2D eigenvalue weighted by molar-refractivity contribution is -0.139. The zero-order chi connectivity index (χ0) is 10.7. The second-order valence-electron chi connectivity index (χ2n) is 4.01. The molecule has 0 bridgehead atoms. The van der Waals surface area contributed by atoms with E-state index >= 15 is 0 Å². The molecular weight excluding hydrogens is 194 g/mol. The van der Waals surface area contributed by atoms with E-state index in [-0.39, 0.29) is 12.0 Å². The molecule has 1 fully saturated rings. The number of carboxylic acid groups (broad SMARTS) is 1. The normalized spacial score (nSPS) is 20.0. The van der Waals surface area contributed by atoms with Gasteiger partial charge in [-0.05, 0) is 25.9 Å². The van der Waals surface area contributed by atoms with Crippen LogP contribution in [-0.2, 0) is 10.3 Å². The SMILES string of the molecule is O=C(O)CC1(n2ccnc2)CCNCC1. The molecule has 15 heavy (non-hydrogen) atoms. The second-order valence-corrected chi connectivity index (χ2v) is 4.01. The molecule has 0 radical (unpaired) electrons. The quantitative estimate of drug-likeness (QED) is 0.758. The summed E-state index contributed by atoms with van der Waals surface area (Å²) in [4.78, 5) is 14.9. The number of hydrogen-bond acceptors (Lipinski definition) is 3. The molecule has 0 atom stereocenters. The van der Waals surface area contributed by atoms with Crippen molar-refractivity contribution in [2.75, 3.05) is 13.1 Å². The van der Waals surface area contributed by atoms with Gasteiger partial charge in [-0.3, -0.25) is 4.79 Å². The van der Waals surface area contributed by atoms with Gasteiger partial charge in [-0.2, -0.15) is 0 Å². The second kappa shape index (κ2) is 4.02.